The largest absolute Gasteiger partial charge is 0.394 e. The van der Waals surface area contributed by atoms with Crippen LogP contribution in [0.2, 0.25) is 0 Å². The summed E-state index contributed by atoms with van der Waals surface area (Å²) in [7, 11) is -0.362. The molecule has 0 aliphatic heterocycles. The normalized spacial score (nSPS) is 17.4. The van der Waals surface area contributed by atoms with E-state index < -0.39 is 5.54 Å². The Hall–Kier alpha value is 0.310. The smallest absolute Gasteiger partial charge is 0.0708 e. The molecule has 0 aromatic rings. The molecule has 0 radical (unpaired) electrons. The first-order chi connectivity index (χ1) is 4.48. The lowest BCUT2D eigenvalue weighted by molar-refractivity contribution is 0.154. The standard InChI is InChI=1S/C6H16NO2P/c1-6(7,4-8)5-9-10(2)3/h8H,4-5,7H2,1-3H3/t6-/m1/s1. The molecule has 0 bridgehead atoms. The predicted octanol–water partition coefficient (Wildman–Crippen LogP) is 0.369. The predicted molar refractivity (Wildman–Crippen MR) is 44.4 cm³/mol. The molecule has 0 saturated heterocycles. The Bertz CT molecular complexity index is 95.7. The van der Waals surface area contributed by atoms with Crippen molar-refractivity contribution in [2.75, 3.05) is 26.5 Å². The number of hydrogen-bond acceptors (Lipinski definition) is 3. The van der Waals surface area contributed by atoms with Crippen LogP contribution in [0.1, 0.15) is 6.92 Å². The SMILES string of the molecule is CP(C)OC[C@](C)(N)CO. The Balaban J connectivity index is 3.46. The third-order valence-electron chi connectivity index (χ3n) is 1.01. The molecule has 3 N–H and O–H groups in total. The molecule has 0 aliphatic carbocycles. The minimum atomic E-state index is -0.577. The lowest BCUT2D eigenvalue weighted by Crippen LogP contribution is -2.44. The molecule has 62 valence electrons. The fourth-order valence-corrected chi connectivity index (χ4v) is 0.875. The Kier molecular flexibility index (Phi) is 4.37. The van der Waals surface area contributed by atoms with Crippen molar-refractivity contribution in [3.63, 3.8) is 0 Å². The summed E-state index contributed by atoms with van der Waals surface area (Å²) in [5, 5.41) is 8.71. The monoisotopic (exact) mass is 165 g/mol. The summed E-state index contributed by atoms with van der Waals surface area (Å²) >= 11 is 0. The van der Waals surface area contributed by atoms with Crippen molar-refractivity contribution < 1.29 is 9.63 Å². The van der Waals surface area contributed by atoms with Gasteiger partial charge < -0.3 is 15.4 Å². The van der Waals surface area contributed by atoms with Gasteiger partial charge in [0.2, 0.25) is 0 Å². The van der Waals surface area contributed by atoms with E-state index in [1.165, 1.54) is 0 Å². The van der Waals surface area contributed by atoms with Gasteiger partial charge in [-0.15, -0.1) is 0 Å². The van der Waals surface area contributed by atoms with E-state index >= 15 is 0 Å². The minimum Gasteiger partial charge on any atom is -0.394 e. The highest BCUT2D eigenvalue weighted by atomic mass is 31.1. The zero-order chi connectivity index (χ0) is 8.20. The fourth-order valence-electron chi connectivity index (χ4n) is 0.322. The van der Waals surface area contributed by atoms with E-state index in [1.54, 1.807) is 6.92 Å². The van der Waals surface area contributed by atoms with Crippen molar-refractivity contribution in [3.8, 4) is 0 Å². The molecule has 10 heavy (non-hydrogen) atoms. The number of hydrogen-bond donors (Lipinski definition) is 2. The van der Waals surface area contributed by atoms with Crippen molar-refractivity contribution in [3.05, 3.63) is 0 Å². The number of aliphatic hydroxyl groups is 1. The molecular formula is C6H16NO2P. The van der Waals surface area contributed by atoms with Gasteiger partial charge in [0.05, 0.1) is 18.8 Å². The van der Waals surface area contributed by atoms with E-state index in [-0.39, 0.29) is 14.8 Å². The second-order valence-corrected chi connectivity index (χ2v) is 4.78. The molecule has 3 nitrogen and oxygen atoms in total. The summed E-state index contributed by atoms with van der Waals surface area (Å²) in [6.07, 6.45) is 0. The average molecular weight is 165 g/mol. The molecule has 4 heteroatoms. The molecule has 0 aliphatic rings. The molecule has 1 atom stereocenters. The molecule has 0 amide bonds. The van der Waals surface area contributed by atoms with Crippen LogP contribution in [0.3, 0.4) is 0 Å². The summed E-state index contributed by atoms with van der Waals surface area (Å²) < 4.78 is 5.28. The molecule has 0 fully saturated rings. The van der Waals surface area contributed by atoms with Crippen LogP contribution in [-0.4, -0.2) is 37.2 Å². The van der Waals surface area contributed by atoms with Crippen LogP contribution in [0.25, 0.3) is 0 Å². The summed E-state index contributed by atoms with van der Waals surface area (Å²) in [5.74, 6) is 0. The van der Waals surface area contributed by atoms with E-state index in [9.17, 15) is 0 Å². The molecule has 0 heterocycles. The van der Waals surface area contributed by atoms with Crippen LogP contribution in [-0.2, 0) is 4.52 Å². The van der Waals surface area contributed by atoms with Crippen LogP contribution < -0.4 is 5.73 Å². The van der Waals surface area contributed by atoms with Crippen molar-refractivity contribution in [2.24, 2.45) is 5.73 Å². The van der Waals surface area contributed by atoms with Crippen LogP contribution in [0, 0.1) is 0 Å². The van der Waals surface area contributed by atoms with E-state index in [0.717, 1.165) is 0 Å². The van der Waals surface area contributed by atoms with Gasteiger partial charge in [0.25, 0.3) is 0 Å². The first kappa shape index (κ1) is 10.3. The van der Waals surface area contributed by atoms with E-state index in [4.69, 9.17) is 15.4 Å². The Morgan fingerprint density at radius 1 is 1.60 bits per heavy atom. The van der Waals surface area contributed by atoms with Crippen molar-refractivity contribution in [1.29, 1.82) is 0 Å². The highest BCUT2D eigenvalue weighted by Crippen LogP contribution is 2.26. The quantitative estimate of drug-likeness (QED) is 0.592. The number of nitrogens with two attached hydrogens (primary N) is 1. The maximum atomic E-state index is 8.71. The second-order valence-electron chi connectivity index (χ2n) is 2.90. The van der Waals surface area contributed by atoms with Crippen molar-refractivity contribution in [1.82, 2.24) is 0 Å². The van der Waals surface area contributed by atoms with Gasteiger partial charge in [-0.3, -0.25) is 0 Å². The Morgan fingerprint density at radius 2 is 2.10 bits per heavy atom. The van der Waals surface area contributed by atoms with E-state index in [1.807, 2.05) is 13.3 Å². The fraction of sp³-hybridized carbons (Fsp3) is 1.00. The third-order valence-corrected chi connectivity index (χ3v) is 1.66. The van der Waals surface area contributed by atoms with Gasteiger partial charge in [0.15, 0.2) is 0 Å². The van der Waals surface area contributed by atoms with Crippen LogP contribution in [0.5, 0.6) is 0 Å². The first-order valence-electron chi connectivity index (χ1n) is 3.18. The van der Waals surface area contributed by atoms with Gasteiger partial charge in [-0.1, -0.05) is 0 Å². The topological polar surface area (TPSA) is 55.5 Å². The zero-order valence-corrected chi connectivity index (χ0v) is 7.69. The number of rotatable bonds is 4. The lowest BCUT2D eigenvalue weighted by Gasteiger charge is -2.22. The van der Waals surface area contributed by atoms with Gasteiger partial charge >= 0.3 is 0 Å². The maximum absolute atomic E-state index is 8.71. The summed E-state index contributed by atoms with van der Waals surface area (Å²) in [4.78, 5) is 0. The molecule has 0 aromatic heterocycles. The molecule has 0 rings (SSSR count). The summed E-state index contributed by atoms with van der Waals surface area (Å²) in [6, 6.07) is 0. The van der Waals surface area contributed by atoms with Crippen LogP contribution in [0.15, 0.2) is 0 Å². The molecular weight excluding hydrogens is 149 g/mol. The maximum Gasteiger partial charge on any atom is 0.0708 e. The Morgan fingerprint density at radius 3 is 2.40 bits per heavy atom. The summed E-state index contributed by atoms with van der Waals surface area (Å²) in [5.41, 5.74) is 5.02. The first-order valence-corrected chi connectivity index (χ1v) is 5.33. The summed E-state index contributed by atoms with van der Waals surface area (Å²) in [6.45, 7) is 6.18. The molecule has 0 saturated carbocycles. The van der Waals surface area contributed by atoms with Crippen LogP contribution in [0.4, 0.5) is 0 Å². The number of aliphatic hydroxyl groups excluding tert-OH is 1. The van der Waals surface area contributed by atoms with Gasteiger partial charge in [-0.25, -0.2) is 0 Å². The average Bonchev–Trinajstić information content (AvgIpc) is 1.85. The minimum absolute atomic E-state index is 0.0316. The molecule has 0 unspecified atom stereocenters. The Labute approximate surface area is 63.4 Å². The van der Waals surface area contributed by atoms with E-state index in [0.29, 0.717) is 6.61 Å². The zero-order valence-electron chi connectivity index (χ0n) is 6.79. The van der Waals surface area contributed by atoms with Gasteiger partial charge in [-0.2, -0.15) is 0 Å². The highest BCUT2D eigenvalue weighted by molar-refractivity contribution is 7.50. The van der Waals surface area contributed by atoms with Gasteiger partial charge in [0.1, 0.15) is 0 Å². The third kappa shape index (κ3) is 5.12. The molecule has 0 aromatic carbocycles. The second kappa shape index (κ2) is 4.24. The molecule has 0 spiro atoms. The van der Waals surface area contributed by atoms with Crippen molar-refractivity contribution in [2.45, 2.75) is 12.5 Å². The van der Waals surface area contributed by atoms with Gasteiger partial charge in [-0.05, 0) is 20.3 Å². The lowest BCUT2D eigenvalue weighted by atomic mass is 10.1. The van der Waals surface area contributed by atoms with Crippen LogP contribution >= 0.6 is 8.15 Å². The highest BCUT2D eigenvalue weighted by Gasteiger charge is 2.17. The van der Waals surface area contributed by atoms with E-state index in [2.05, 4.69) is 0 Å². The van der Waals surface area contributed by atoms with Crippen molar-refractivity contribution >= 4 is 8.15 Å². The van der Waals surface area contributed by atoms with Gasteiger partial charge in [0, 0.05) is 8.15 Å².